The molecule has 2 aliphatic heterocycles. The van der Waals surface area contributed by atoms with Gasteiger partial charge in [0.05, 0.1) is 31.6 Å². The summed E-state index contributed by atoms with van der Waals surface area (Å²) in [4.78, 5) is 29.7. The molecule has 11 nitrogen and oxygen atoms in total. The van der Waals surface area contributed by atoms with E-state index in [2.05, 4.69) is 30.3 Å². The zero-order valence-corrected chi connectivity index (χ0v) is 24.8. The van der Waals surface area contributed by atoms with Crippen LogP contribution in [-0.2, 0) is 11.3 Å². The van der Waals surface area contributed by atoms with Crippen LogP contribution in [0.15, 0.2) is 29.0 Å². The predicted octanol–water partition coefficient (Wildman–Crippen LogP) is 4.41. The van der Waals surface area contributed by atoms with Crippen molar-refractivity contribution in [1.29, 1.82) is 0 Å². The number of halogens is 3. The summed E-state index contributed by atoms with van der Waals surface area (Å²) in [5.41, 5.74) is -0.815. The minimum atomic E-state index is -1.28. The molecular weight excluding hydrogens is 567 g/mol. The van der Waals surface area contributed by atoms with Gasteiger partial charge in [0.15, 0.2) is 23.2 Å². The molecule has 0 spiro atoms. The summed E-state index contributed by atoms with van der Waals surface area (Å²) in [7, 11) is 0. The minimum absolute atomic E-state index is 0.0589. The van der Waals surface area contributed by atoms with E-state index in [0.717, 1.165) is 19.2 Å². The molecule has 5 rings (SSSR count). The molecule has 0 saturated carbocycles. The number of aromatic nitrogens is 4. The second-order valence-corrected chi connectivity index (χ2v) is 12.3. The normalized spacial score (nSPS) is 19.5. The van der Waals surface area contributed by atoms with Crippen LogP contribution in [0.25, 0.3) is 0 Å². The van der Waals surface area contributed by atoms with E-state index in [1.54, 1.807) is 38.1 Å². The third kappa shape index (κ3) is 7.53. The molecule has 2 aromatic heterocycles. The van der Waals surface area contributed by atoms with Gasteiger partial charge in [0.2, 0.25) is 11.8 Å². The summed E-state index contributed by atoms with van der Waals surface area (Å²) in [5.74, 6) is -1.41. The highest BCUT2D eigenvalue weighted by molar-refractivity contribution is 5.68. The van der Waals surface area contributed by atoms with E-state index in [-0.39, 0.29) is 24.6 Å². The summed E-state index contributed by atoms with van der Waals surface area (Å²) in [6, 6.07) is 0.655. The molecule has 3 aromatic rings. The average Bonchev–Trinajstić information content (AvgIpc) is 3.54. The van der Waals surface area contributed by atoms with Crippen LogP contribution >= 0.6 is 0 Å². The van der Waals surface area contributed by atoms with E-state index < -0.39 is 41.1 Å². The van der Waals surface area contributed by atoms with Gasteiger partial charge in [-0.15, -0.1) is 0 Å². The minimum Gasteiger partial charge on any atom is -0.490 e. The molecule has 1 aromatic carbocycles. The van der Waals surface area contributed by atoms with Gasteiger partial charge in [-0.3, -0.25) is 4.90 Å². The Balaban J connectivity index is 1.18. The first-order valence-electron chi connectivity index (χ1n) is 14.2. The molecule has 1 N–H and O–H groups in total. The molecule has 2 saturated heterocycles. The Hall–Kier alpha value is -3.94. The van der Waals surface area contributed by atoms with Crippen LogP contribution in [0.1, 0.15) is 63.7 Å². The fourth-order valence-electron chi connectivity index (χ4n) is 5.14. The highest BCUT2D eigenvalue weighted by atomic mass is 19.2. The maximum atomic E-state index is 14.8. The van der Waals surface area contributed by atoms with Gasteiger partial charge in [-0.25, -0.2) is 27.9 Å². The Morgan fingerprint density at radius 3 is 2.42 bits per heavy atom. The van der Waals surface area contributed by atoms with Crippen LogP contribution in [-0.4, -0.2) is 75.5 Å². The number of amides is 1. The molecule has 0 aliphatic carbocycles. The fraction of sp³-hybridized carbons (Fsp3) is 0.552. The largest absolute Gasteiger partial charge is 0.490 e. The quantitative estimate of drug-likeness (QED) is 0.353. The van der Waals surface area contributed by atoms with Crippen molar-refractivity contribution in [3.8, 4) is 5.75 Å². The Morgan fingerprint density at radius 2 is 1.77 bits per heavy atom. The number of nitrogens with one attached hydrogen (secondary N) is 1. The molecule has 0 bridgehead atoms. The number of anilines is 1. The van der Waals surface area contributed by atoms with Gasteiger partial charge in [-0.2, -0.15) is 4.98 Å². The Labute approximate surface area is 247 Å². The Morgan fingerprint density at radius 1 is 1.07 bits per heavy atom. The maximum absolute atomic E-state index is 14.8. The molecule has 2 aliphatic rings. The van der Waals surface area contributed by atoms with Gasteiger partial charge in [0, 0.05) is 50.0 Å². The number of nitrogens with zero attached hydrogens (tertiary/aromatic N) is 6. The van der Waals surface area contributed by atoms with Gasteiger partial charge in [0.1, 0.15) is 11.4 Å². The van der Waals surface area contributed by atoms with Crippen LogP contribution < -0.4 is 15.0 Å². The number of hydrogen-bond donors (Lipinski definition) is 1. The molecule has 14 heteroatoms. The Bertz CT molecular complexity index is 1420. The number of ether oxygens (including phenoxy) is 2. The predicted molar refractivity (Wildman–Crippen MR) is 149 cm³/mol. The first kappa shape index (κ1) is 30.5. The third-order valence-corrected chi connectivity index (χ3v) is 7.24. The summed E-state index contributed by atoms with van der Waals surface area (Å²) < 4.78 is 59.0. The van der Waals surface area contributed by atoms with Crippen molar-refractivity contribution in [2.75, 3.05) is 37.7 Å². The van der Waals surface area contributed by atoms with Gasteiger partial charge in [-0.1, -0.05) is 19.0 Å². The number of hydrogen-bond acceptors (Lipinski definition) is 10. The van der Waals surface area contributed by atoms with E-state index in [0.29, 0.717) is 48.5 Å². The highest BCUT2D eigenvalue weighted by Crippen LogP contribution is 2.33. The molecule has 2 unspecified atom stereocenters. The average molecular weight is 604 g/mol. The summed E-state index contributed by atoms with van der Waals surface area (Å²) in [6.07, 6.45) is 2.39. The zero-order chi connectivity index (χ0) is 30.9. The molecule has 2 atom stereocenters. The van der Waals surface area contributed by atoms with Crippen molar-refractivity contribution < 1.29 is 32.0 Å². The molecular formula is C29H36F3N7O4. The van der Waals surface area contributed by atoms with E-state index in [9.17, 15) is 18.0 Å². The molecule has 4 heterocycles. The first-order chi connectivity index (χ1) is 20.3. The van der Waals surface area contributed by atoms with Gasteiger partial charge < -0.3 is 24.2 Å². The second-order valence-electron chi connectivity index (χ2n) is 12.3. The van der Waals surface area contributed by atoms with Crippen molar-refractivity contribution in [2.45, 2.75) is 64.6 Å². The molecule has 1 amide bonds. The number of carbonyl (C=O) groups is 1. The summed E-state index contributed by atoms with van der Waals surface area (Å²) >= 11 is 0. The highest BCUT2D eigenvalue weighted by Gasteiger charge is 2.39. The second kappa shape index (κ2) is 12.3. The van der Waals surface area contributed by atoms with Crippen LogP contribution in [0.4, 0.5) is 23.9 Å². The number of carbonyl (C=O) groups excluding carboxylic acids is 1. The molecule has 232 valence electrons. The monoisotopic (exact) mass is 603 g/mol. The maximum Gasteiger partial charge on any atom is 0.407 e. The zero-order valence-electron chi connectivity index (χ0n) is 24.8. The molecule has 43 heavy (non-hydrogen) atoms. The van der Waals surface area contributed by atoms with Crippen molar-refractivity contribution in [1.82, 2.24) is 30.3 Å². The lowest BCUT2D eigenvalue weighted by molar-refractivity contribution is 0.0472. The number of alkyl carbamates (subject to hydrolysis) is 1. The molecule has 2 fully saturated rings. The third-order valence-electron chi connectivity index (χ3n) is 7.24. The van der Waals surface area contributed by atoms with Crippen molar-refractivity contribution >= 4 is 12.0 Å². The summed E-state index contributed by atoms with van der Waals surface area (Å²) in [6.45, 7) is 12.3. The van der Waals surface area contributed by atoms with Crippen molar-refractivity contribution in [3.63, 3.8) is 0 Å². The number of rotatable bonds is 9. The number of likely N-dealkylation sites (tertiary alicyclic amines) is 1. The SMILES string of the molecule is CC(C)c1noc(CN2CC(COc3cnc(N4CC(NC(=O)OC(C)(C)C)C(c5cc(F)c(F)cc5F)C4)nc3)C2)n1. The van der Waals surface area contributed by atoms with Crippen LogP contribution in [0.5, 0.6) is 5.75 Å². The van der Waals surface area contributed by atoms with Crippen molar-refractivity contribution in [3.05, 3.63) is 59.3 Å². The van der Waals surface area contributed by atoms with Gasteiger partial charge in [-0.05, 0) is 32.4 Å². The van der Waals surface area contributed by atoms with Crippen LogP contribution in [0.2, 0.25) is 0 Å². The van der Waals surface area contributed by atoms with Crippen LogP contribution in [0, 0.1) is 23.4 Å². The lowest BCUT2D eigenvalue weighted by Gasteiger charge is -2.37. The Kier molecular flexibility index (Phi) is 8.76. The first-order valence-corrected chi connectivity index (χ1v) is 14.2. The van der Waals surface area contributed by atoms with Gasteiger partial charge in [0.25, 0.3) is 0 Å². The smallest absolute Gasteiger partial charge is 0.407 e. The van der Waals surface area contributed by atoms with E-state index >= 15 is 0 Å². The number of benzene rings is 1. The van der Waals surface area contributed by atoms with Crippen molar-refractivity contribution in [2.24, 2.45) is 5.92 Å². The van der Waals surface area contributed by atoms with Crippen LogP contribution in [0.3, 0.4) is 0 Å². The lowest BCUT2D eigenvalue weighted by atomic mass is 9.93. The van der Waals surface area contributed by atoms with E-state index in [1.807, 2.05) is 13.8 Å². The molecule has 0 radical (unpaired) electrons. The topological polar surface area (TPSA) is 119 Å². The summed E-state index contributed by atoms with van der Waals surface area (Å²) in [5, 5.41) is 6.74. The van der Waals surface area contributed by atoms with Gasteiger partial charge >= 0.3 is 6.09 Å². The standard InChI is InChI=1S/C29H36F3N7O4/c1-16(2)26-36-25(43-37-26)14-38-10-17(11-38)15-41-18-8-33-27(34-9-18)39-12-20(19-6-22(31)23(32)7-21(19)30)24(13-39)35-28(40)42-29(3,4)5/h6-9,16-17,20,24H,10-15H2,1-5H3,(H,35,40). The lowest BCUT2D eigenvalue weighted by Crippen LogP contribution is -2.48. The fourth-order valence-corrected chi connectivity index (χ4v) is 5.14. The van der Waals surface area contributed by atoms with E-state index in [4.69, 9.17) is 14.0 Å². The van der Waals surface area contributed by atoms with E-state index in [1.165, 1.54) is 0 Å².